The first-order valence-electron chi connectivity index (χ1n) is 7.32. The second kappa shape index (κ2) is 6.38. The predicted octanol–water partition coefficient (Wildman–Crippen LogP) is 4.39. The number of ketones is 1. The Bertz CT molecular complexity index is 825. The van der Waals surface area contributed by atoms with E-state index in [1.807, 2.05) is 26.0 Å². The van der Waals surface area contributed by atoms with Crippen LogP contribution in [0.5, 0.6) is 0 Å². The van der Waals surface area contributed by atoms with Gasteiger partial charge in [0.15, 0.2) is 5.58 Å². The van der Waals surface area contributed by atoms with E-state index in [2.05, 4.69) is 15.3 Å². The summed E-state index contributed by atoms with van der Waals surface area (Å²) in [6.45, 7) is 3.78. The van der Waals surface area contributed by atoms with E-state index in [0.29, 0.717) is 34.4 Å². The van der Waals surface area contributed by atoms with Crippen LogP contribution < -0.4 is 5.32 Å². The van der Waals surface area contributed by atoms with E-state index in [4.69, 9.17) is 16.0 Å². The van der Waals surface area contributed by atoms with Crippen molar-refractivity contribution in [1.82, 2.24) is 9.97 Å². The Hall–Kier alpha value is -2.40. The van der Waals surface area contributed by atoms with Gasteiger partial charge in [-0.25, -0.2) is 4.98 Å². The predicted molar refractivity (Wildman–Crippen MR) is 90.1 cm³/mol. The van der Waals surface area contributed by atoms with Gasteiger partial charge in [0.2, 0.25) is 5.65 Å². The third-order valence-electron chi connectivity index (χ3n) is 3.46. The molecular formula is C17H16ClN3O2. The topological polar surface area (TPSA) is 68.0 Å². The number of aromatic nitrogens is 2. The number of hydrogen-bond donors (Lipinski definition) is 1. The summed E-state index contributed by atoms with van der Waals surface area (Å²) in [6.07, 6.45) is 2.03. The number of carbonyl (C=O) groups excluding carboxylic acids is 1. The molecule has 0 spiro atoms. The quantitative estimate of drug-likeness (QED) is 0.752. The van der Waals surface area contributed by atoms with Gasteiger partial charge < -0.3 is 9.73 Å². The summed E-state index contributed by atoms with van der Waals surface area (Å²) in [6, 6.07) is 9.37. The van der Waals surface area contributed by atoms with Gasteiger partial charge in [0, 0.05) is 18.5 Å². The molecule has 0 aliphatic carbocycles. The van der Waals surface area contributed by atoms with Crippen LogP contribution in [-0.2, 0) is 11.2 Å². The van der Waals surface area contributed by atoms with Gasteiger partial charge in [-0.05, 0) is 29.8 Å². The summed E-state index contributed by atoms with van der Waals surface area (Å²) in [5.41, 5.74) is 2.69. The lowest BCUT2D eigenvalue weighted by molar-refractivity contribution is -0.121. The Balaban J connectivity index is 1.79. The average Bonchev–Trinajstić information content (AvgIpc) is 2.92. The number of carbonyl (C=O) groups is 1. The highest BCUT2D eigenvalue weighted by atomic mass is 35.5. The molecule has 2 heterocycles. The number of rotatable bonds is 5. The minimum atomic E-state index is 0.0128. The summed E-state index contributed by atoms with van der Waals surface area (Å²) in [4.78, 5) is 20.2. The van der Waals surface area contributed by atoms with Crippen molar-refractivity contribution in [2.24, 2.45) is 5.92 Å². The van der Waals surface area contributed by atoms with Crippen LogP contribution in [0.15, 0.2) is 40.9 Å². The molecule has 1 aromatic carbocycles. The first-order chi connectivity index (χ1) is 11.0. The summed E-state index contributed by atoms with van der Waals surface area (Å²) in [5.74, 6) is 0.200. The van der Waals surface area contributed by atoms with E-state index in [1.165, 1.54) is 0 Å². The van der Waals surface area contributed by atoms with E-state index >= 15 is 0 Å². The van der Waals surface area contributed by atoms with Crippen molar-refractivity contribution in [3.8, 4) is 0 Å². The average molecular weight is 330 g/mol. The number of halogens is 1. The molecule has 0 unspecified atom stereocenters. The van der Waals surface area contributed by atoms with Gasteiger partial charge in [-0.3, -0.25) is 4.79 Å². The number of Topliss-reactive ketones (excluding diaryl/α,β-unsaturated/α-hetero) is 1. The van der Waals surface area contributed by atoms with Crippen molar-refractivity contribution in [2.45, 2.75) is 20.3 Å². The minimum absolute atomic E-state index is 0.0128. The largest absolute Gasteiger partial charge is 0.422 e. The van der Waals surface area contributed by atoms with E-state index in [1.54, 1.807) is 24.4 Å². The maximum absolute atomic E-state index is 11.8. The van der Waals surface area contributed by atoms with E-state index in [-0.39, 0.29) is 11.7 Å². The normalized spacial score (nSPS) is 11.1. The van der Waals surface area contributed by atoms with Gasteiger partial charge in [-0.1, -0.05) is 31.5 Å². The maximum Gasteiger partial charge on any atom is 0.301 e. The van der Waals surface area contributed by atoms with Gasteiger partial charge in [0.25, 0.3) is 0 Å². The standard InChI is InChI=1S/C17H16ClN3O2/c1-10(2)14(22)9-11-5-6-13(12(18)8-11)20-17-21-16-15(23-17)4-3-7-19-16/h3-8,10H,9H2,1-2H3,(H,19,20,21). The van der Waals surface area contributed by atoms with Crippen LogP contribution in [0.2, 0.25) is 5.02 Å². The Morgan fingerprint density at radius 2 is 2.17 bits per heavy atom. The second-order valence-corrected chi connectivity index (χ2v) is 5.99. The van der Waals surface area contributed by atoms with Crippen molar-refractivity contribution < 1.29 is 9.21 Å². The fourth-order valence-corrected chi connectivity index (χ4v) is 2.36. The fourth-order valence-electron chi connectivity index (χ4n) is 2.11. The van der Waals surface area contributed by atoms with Crippen LogP contribution in [0.25, 0.3) is 11.2 Å². The first-order valence-corrected chi connectivity index (χ1v) is 7.70. The molecule has 0 radical (unpaired) electrons. The number of nitrogens with zero attached hydrogens (tertiary/aromatic N) is 2. The highest BCUT2D eigenvalue weighted by Gasteiger charge is 2.12. The number of oxazole rings is 1. The lowest BCUT2D eigenvalue weighted by Gasteiger charge is -2.08. The van der Waals surface area contributed by atoms with Crippen LogP contribution in [0.3, 0.4) is 0 Å². The zero-order valence-corrected chi connectivity index (χ0v) is 13.6. The first kappa shape index (κ1) is 15.5. The molecule has 118 valence electrons. The molecule has 3 rings (SSSR count). The van der Waals surface area contributed by atoms with Gasteiger partial charge in [0.05, 0.1) is 10.7 Å². The third kappa shape index (κ3) is 3.51. The second-order valence-electron chi connectivity index (χ2n) is 5.58. The number of anilines is 2. The highest BCUT2D eigenvalue weighted by molar-refractivity contribution is 6.33. The molecule has 2 aromatic heterocycles. The Kier molecular flexibility index (Phi) is 4.30. The monoisotopic (exact) mass is 329 g/mol. The van der Waals surface area contributed by atoms with Crippen molar-refractivity contribution in [1.29, 1.82) is 0 Å². The van der Waals surface area contributed by atoms with Crippen molar-refractivity contribution in [3.05, 3.63) is 47.1 Å². The molecule has 0 aliphatic rings. The van der Waals surface area contributed by atoms with E-state index in [9.17, 15) is 4.79 Å². The molecule has 0 amide bonds. The van der Waals surface area contributed by atoms with Crippen LogP contribution in [-0.4, -0.2) is 15.8 Å². The summed E-state index contributed by atoms with van der Waals surface area (Å²) in [5, 5.41) is 3.54. The van der Waals surface area contributed by atoms with Crippen molar-refractivity contribution in [2.75, 3.05) is 5.32 Å². The Morgan fingerprint density at radius 1 is 1.35 bits per heavy atom. The number of pyridine rings is 1. The fraction of sp³-hybridized carbons (Fsp3) is 0.235. The molecule has 1 N–H and O–H groups in total. The number of nitrogens with one attached hydrogen (secondary N) is 1. The number of benzene rings is 1. The highest BCUT2D eigenvalue weighted by Crippen LogP contribution is 2.28. The van der Waals surface area contributed by atoms with Crippen molar-refractivity contribution in [3.63, 3.8) is 0 Å². The maximum atomic E-state index is 11.8. The van der Waals surface area contributed by atoms with E-state index in [0.717, 1.165) is 5.56 Å². The summed E-state index contributed by atoms with van der Waals surface area (Å²) < 4.78 is 5.56. The van der Waals surface area contributed by atoms with Crippen molar-refractivity contribution >= 4 is 40.3 Å². The number of hydrogen-bond acceptors (Lipinski definition) is 5. The Morgan fingerprint density at radius 3 is 2.87 bits per heavy atom. The summed E-state index contributed by atoms with van der Waals surface area (Å²) in [7, 11) is 0. The van der Waals surface area contributed by atoms with Crippen LogP contribution in [0.1, 0.15) is 19.4 Å². The molecule has 0 saturated carbocycles. The third-order valence-corrected chi connectivity index (χ3v) is 3.78. The SMILES string of the molecule is CC(C)C(=O)Cc1ccc(Nc2nc3ncccc3o2)c(Cl)c1. The molecule has 5 nitrogen and oxygen atoms in total. The van der Waals surface area contributed by atoms with Gasteiger partial charge in [-0.2, -0.15) is 4.98 Å². The number of fused-ring (bicyclic) bond motifs is 1. The molecule has 23 heavy (non-hydrogen) atoms. The van der Waals surface area contributed by atoms with Gasteiger partial charge in [0.1, 0.15) is 5.78 Å². The molecule has 0 fully saturated rings. The minimum Gasteiger partial charge on any atom is -0.422 e. The van der Waals surface area contributed by atoms with Gasteiger partial charge >= 0.3 is 6.01 Å². The molecule has 3 aromatic rings. The molecule has 6 heteroatoms. The summed E-state index contributed by atoms with van der Waals surface area (Å²) >= 11 is 6.28. The molecule has 0 atom stereocenters. The molecule has 0 bridgehead atoms. The lowest BCUT2D eigenvalue weighted by atomic mass is 10.0. The van der Waals surface area contributed by atoms with Crippen LogP contribution in [0, 0.1) is 5.92 Å². The smallest absolute Gasteiger partial charge is 0.301 e. The zero-order valence-electron chi connectivity index (χ0n) is 12.8. The van der Waals surface area contributed by atoms with Crippen LogP contribution in [0.4, 0.5) is 11.7 Å². The molecule has 0 saturated heterocycles. The van der Waals surface area contributed by atoms with E-state index < -0.39 is 0 Å². The van der Waals surface area contributed by atoms with Gasteiger partial charge in [-0.15, -0.1) is 0 Å². The lowest BCUT2D eigenvalue weighted by Crippen LogP contribution is -2.10. The van der Waals surface area contributed by atoms with Crippen LogP contribution >= 0.6 is 11.6 Å². The molecular weight excluding hydrogens is 314 g/mol. The molecule has 0 aliphatic heterocycles. The Labute approximate surface area is 138 Å². The zero-order chi connectivity index (χ0) is 16.4.